The molecule has 0 unspecified atom stereocenters. The van der Waals surface area contributed by atoms with Gasteiger partial charge in [-0.2, -0.15) is 0 Å². The maximum Gasteiger partial charge on any atom is 0.127 e. The first-order chi connectivity index (χ1) is 11.4. The van der Waals surface area contributed by atoms with Gasteiger partial charge in [-0.25, -0.2) is 0 Å². The second-order valence-electron chi connectivity index (χ2n) is 6.15. The summed E-state index contributed by atoms with van der Waals surface area (Å²) in [4.78, 5) is 2.53. The fourth-order valence-corrected chi connectivity index (χ4v) is 3.15. The molecule has 0 atom stereocenters. The molecule has 2 N–H and O–H groups in total. The Labute approximate surface area is 139 Å². The van der Waals surface area contributed by atoms with Crippen molar-refractivity contribution in [2.75, 3.05) is 26.2 Å². The molecule has 0 aromatic heterocycles. The standard InChI is InChI=1S/C20H26N2O/c21-16-17-9-10-19(18-7-2-1-3-8-18)20(15-17)23-14-6-13-22-11-4-5-12-22/h1-3,7-10,15H,4-6,11-14,16,21H2. The zero-order chi connectivity index (χ0) is 15.9. The van der Waals surface area contributed by atoms with Crippen LogP contribution in [0, 0.1) is 0 Å². The van der Waals surface area contributed by atoms with Crippen LogP contribution in [0.15, 0.2) is 48.5 Å². The summed E-state index contributed by atoms with van der Waals surface area (Å²) in [6.45, 7) is 4.93. The van der Waals surface area contributed by atoms with E-state index in [9.17, 15) is 0 Å². The van der Waals surface area contributed by atoms with E-state index in [0.29, 0.717) is 6.54 Å². The van der Waals surface area contributed by atoms with Gasteiger partial charge in [-0.3, -0.25) is 0 Å². The number of hydrogen-bond acceptors (Lipinski definition) is 3. The van der Waals surface area contributed by atoms with E-state index in [1.54, 1.807) is 0 Å². The van der Waals surface area contributed by atoms with Crippen LogP contribution in [0.25, 0.3) is 11.1 Å². The average molecular weight is 310 g/mol. The molecule has 1 aliphatic rings. The quantitative estimate of drug-likeness (QED) is 0.793. The first kappa shape index (κ1) is 16.0. The SMILES string of the molecule is NCc1ccc(-c2ccccc2)c(OCCCN2CCCC2)c1. The molecular formula is C20H26N2O. The molecule has 23 heavy (non-hydrogen) atoms. The van der Waals surface area contributed by atoms with Gasteiger partial charge in [-0.15, -0.1) is 0 Å². The molecule has 3 nitrogen and oxygen atoms in total. The zero-order valence-corrected chi connectivity index (χ0v) is 13.7. The van der Waals surface area contributed by atoms with Gasteiger partial charge in [0.25, 0.3) is 0 Å². The van der Waals surface area contributed by atoms with Crippen molar-refractivity contribution in [1.82, 2.24) is 4.90 Å². The lowest BCUT2D eigenvalue weighted by atomic mass is 10.0. The molecule has 2 aromatic carbocycles. The van der Waals surface area contributed by atoms with Gasteiger partial charge in [-0.05, 0) is 49.5 Å². The Morgan fingerprint density at radius 3 is 2.52 bits per heavy atom. The fraction of sp³-hybridized carbons (Fsp3) is 0.400. The number of hydrogen-bond donors (Lipinski definition) is 1. The lowest BCUT2D eigenvalue weighted by Crippen LogP contribution is -2.22. The van der Waals surface area contributed by atoms with Crippen molar-refractivity contribution in [1.29, 1.82) is 0 Å². The summed E-state index contributed by atoms with van der Waals surface area (Å²) in [7, 11) is 0. The summed E-state index contributed by atoms with van der Waals surface area (Å²) in [6, 6.07) is 16.7. The Morgan fingerprint density at radius 2 is 1.78 bits per heavy atom. The molecule has 1 fully saturated rings. The smallest absolute Gasteiger partial charge is 0.127 e. The van der Waals surface area contributed by atoms with E-state index in [-0.39, 0.29) is 0 Å². The number of likely N-dealkylation sites (tertiary alicyclic amines) is 1. The molecule has 1 heterocycles. The highest BCUT2D eigenvalue weighted by molar-refractivity contribution is 5.70. The van der Waals surface area contributed by atoms with Gasteiger partial charge < -0.3 is 15.4 Å². The third-order valence-corrected chi connectivity index (χ3v) is 4.44. The summed E-state index contributed by atoms with van der Waals surface area (Å²) in [5.74, 6) is 0.945. The summed E-state index contributed by atoms with van der Waals surface area (Å²) >= 11 is 0. The molecule has 0 amide bonds. The van der Waals surface area contributed by atoms with Crippen molar-refractivity contribution in [3.05, 3.63) is 54.1 Å². The molecule has 0 bridgehead atoms. The monoisotopic (exact) mass is 310 g/mol. The molecule has 0 radical (unpaired) electrons. The number of rotatable bonds is 7. The highest BCUT2D eigenvalue weighted by Gasteiger charge is 2.11. The van der Waals surface area contributed by atoms with Crippen LogP contribution in [0.2, 0.25) is 0 Å². The highest BCUT2D eigenvalue weighted by atomic mass is 16.5. The Balaban J connectivity index is 1.66. The van der Waals surface area contributed by atoms with E-state index in [1.807, 2.05) is 6.07 Å². The van der Waals surface area contributed by atoms with Crippen LogP contribution < -0.4 is 10.5 Å². The predicted molar refractivity (Wildman–Crippen MR) is 95.6 cm³/mol. The summed E-state index contributed by atoms with van der Waals surface area (Å²) < 4.78 is 6.11. The number of ether oxygens (including phenoxy) is 1. The third-order valence-electron chi connectivity index (χ3n) is 4.44. The lowest BCUT2D eigenvalue weighted by molar-refractivity contribution is 0.264. The molecule has 122 valence electrons. The summed E-state index contributed by atoms with van der Waals surface area (Å²) in [5.41, 5.74) is 9.22. The second-order valence-corrected chi connectivity index (χ2v) is 6.15. The second kappa shape index (κ2) is 8.14. The maximum absolute atomic E-state index is 6.11. The van der Waals surface area contributed by atoms with E-state index in [4.69, 9.17) is 10.5 Å². The third kappa shape index (κ3) is 4.34. The van der Waals surface area contributed by atoms with Crippen LogP contribution in [0.4, 0.5) is 0 Å². The van der Waals surface area contributed by atoms with Crippen LogP contribution >= 0.6 is 0 Å². The minimum atomic E-state index is 0.541. The van der Waals surface area contributed by atoms with Crippen molar-refractivity contribution in [3.63, 3.8) is 0 Å². The van der Waals surface area contributed by atoms with Crippen molar-refractivity contribution >= 4 is 0 Å². The van der Waals surface area contributed by atoms with Crippen LogP contribution in [0.1, 0.15) is 24.8 Å². The van der Waals surface area contributed by atoms with Crippen molar-refractivity contribution in [2.45, 2.75) is 25.8 Å². The lowest BCUT2D eigenvalue weighted by Gasteiger charge is -2.16. The summed E-state index contributed by atoms with van der Waals surface area (Å²) in [5, 5.41) is 0. The van der Waals surface area contributed by atoms with Gasteiger partial charge in [0.15, 0.2) is 0 Å². The Morgan fingerprint density at radius 1 is 1.00 bits per heavy atom. The molecule has 2 aromatic rings. The van der Waals surface area contributed by atoms with Gasteiger partial charge in [0.05, 0.1) is 6.61 Å². The predicted octanol–water partition coefficient (Wildman–Crippen LogP) is 3.68. The van der Waals surface area contributed by atoms with E-state index in [2.05, 4.69) is 47.4 Å². The first-order valence-electron chi connectivity index (χ1n) is 8.60. The average Bonchev–Trinajstić information content (AvgIpc) is 3.13. The largest absolute Gasteiger partial charge is 0.493 e. The maximum atomic E-state index is 6.11. The number of benzene rings is 2. The Kier molecular flexibility index (Phi) is 5.67. The van der Waals surface area contributed by atoms with Crippen LogP contribution in [0.5, 0.6) is 5.75 Å². The van der Waals surface area contributed by atoms with Crippen molar-refractivity contribution < 1.29 is 4.74 Å². The van der Waals surface area contributed by atoms with Crippen molar-refractivity contribution in [2.24, 2.45) is 5.73 Å². The van der Waals surface area contributed by atoms with E-state index >= 15 is 0 Å². The van der Waals surface area contributed by atoms with Gasteiger partial charge in [0.2, 0.25) is 0 Å². The van der Waals surface area contributed by atoms with Gasteiger partial charge in [-0.1, -0.05) is 42.5 Å². The first-order valence-corrected chi connectivity index (χ1v) is 8.60. The topological polar surface area (TPSA) is 38.5 Å². The van der Waals surface area contributed by atoms with Crippen LogP contribution in [-0.4, -0.2) is 31.1 Å². The normalized spacial score (nSPS) is 15.0. The molecule has 3 rings (SSSR count). The molecular weight excluding hydrogens is 284 g/mol. The molecule has 1 aliphatic heterocycles. The Bertz CT molecular complexity index is 606. The summed E-state index contributed by atoms with van der Waals surface area (Å²) in [6.07, 6.45) is 3.76. The van der Waals surface area contributed by atoms with Crippen LogP contribution in [-0.2, 0) is 6.54 Å². The van der Waals surface area contributed by atoms with Crippen molar-refractivity contribution in [3.8, 4) is 16.9 Å². The molecule has 1 saturated heterocycles. The van der Waals surface area contributed by atoms with Gasteiger partial charge in [0, 0.05) is 18.7 Å². The molecule has 0 saturated carbocycles. The van der Waals surface area contributed by atoms with Gasteiger partial charge >= 0.3 is 0 Å². The molecule has 0 aliphatic carbocycles. The van der Waals surface area contributed by atoms with E-state index in [0.717, 1.165) is 36.4 Å². The van der Waals surface area contributed by atoms with E-state index in [1.165, 1.54) is 31.5 Å². The molecule has 3 heteroatoms. The minimum Gasteiger partial charge on any atom is -0.493 e. The Hall–Kier alpha value is -1.84. The number of nitrogens with zero attached hydrogens (tertiary/aromatic N) is 1. The highest BCUT2D eigenvalue weighted by Crippen LogP contribution is 2.31. The number of nitrogens with two attached hydrogens (primary N) is 1. The van der Waals surface area contributed by atoms with Gasteiger partial charge in [0.1, 0.15) is 5.75 Å². The fourth-order valence-electron chi connectivity index (χ4n) is 3.15. The zero-order valence-electron chi connectivity index (χ0n) is 13.7. The molecule has 0 spiro atoms. The van der Waals surface area contributed by atoms with Crippen LogP contribution in [0.3, 0.4) is 0 Å². The minimum absolute atomic E-state index is 0.541. The van der Waals surface area contributed by atoms with E-state index < -0.39 is 0 Å².